The molecule has 0 aliphatic rings. The highest BCUT2D eigenvalue weighted by atomic mass is 15.2. The Hall–Kier alpha value is -1.84. The molecule has 0 saturated heterocycles. The summed E-state index contributed by atoms with van der Waals surface area (Å²) in [5.41, 5.74) is 9.09. The lowest BCUT2D eigenvalue weighted by Gasteiger charge is -2.15. The third-order valence-corrected chi connectivity index (χ3v) is 3.19. The molecule has 19 heavy (non-hydrogen) atoms. The Morgan fingerprint density at radius 3 is 2.26 bits per heavy atom. The van der Waals surface area contributed by atoms with Crippen LogP contribution in [-0.2, 0) is 0 Å². The number of pyridine rings is 1. The lowest BCUT2D eigenvalue weighted by atomic mass is 10.2. The van der Waals surface area contributed by atoms with Gasteiger partial charge in [0.05, 0.1) is 0 Å². The second kappa shape index (κ2) is 5.03. The van der Waals surface area contributed by atoms with Crippen LogP contribution in [-0.4, -0.2) is 14.5 Å². The molecule has 0 amide bonds. The summed E-state index contributed by atoms with van der Waals surface area (Å²) in [6, 6.07) is 4.31. The predicted molar refractivity (Wildman–Crippen MR) is 79.1 cm³/mol. The maximum absolute atomic E-state index is 6.29. The fraction of sp³-hybridized carbons (Fsp3) is 0.467. The summed E-state index contributed by atoms with van der Waals surface area (Å²) >= 11 is 0. The first kappa shape index (κ1) is 13.6. The molecule has 0 aliphatic carbocycles. The largest absolute Gasteiger partial charge is 0.383 e. The van der Waals surface area contributed by atoms with Crippen molar-refractivity contribution in [2.24, 2.45) is 0 Å². The Morgan fingerprint density at radius 1 is 1.16 bits per heavy atom. The van der Waals surface area contributed by atoms with E-state index in [4.69, 9.17) is 10.7 Å². The van der Waals surface area contributed by atoms with E-state index in [-0.39, 0.29) is 0 Å². The van der Waals surface area contributed by atoms with Crippen molar-refractivity contribution in [3.8, 4) is 11.3 Å². The zero-order valence-electron chi connectivity index (χ0n) is 12.3. The molecule has 0 saturated carbocycles. The van der Waals surface area contributed by atoms with E-state index in [1.165, 1.54) is 0 Å². The van der Waals surface area contributed by atoms with Gasteiger partial charge in [0.1, 0.15) is 17.3 Å². The Kier molecular flexibility index (Phi) is 3.60. The fourth-order valence-electron chi connectivity index (χ4n) is 2.23. The molecule has 0 aliphatic heterocycles. The minimum atomic E-state index is 0.303. The zero-order valence-corrected chi connectivity index (χ0v) is 12.3. The quantitative estimate of drug-likeness (QED) is 0.916. The first-order valence-corrected chi connectivity index (χ1v) is 6.72. The van der Waals surface area contributed by atoms with Crippen molar-refractivity contribution >= 4 is 5.82 Å². The second-order valence-electron chi connectivity index (χ2n) is 5.51. The number of rotatable bonds is 3. The van der Waals surface area contributed by atoms with E-state index < -0.39 is 0 Å². The molecule has 2 aromatic heterocycles. The Bertz CT molecular complexity index is 565. The number of nitrogens with zero attached hydrogens (tertiary/aromatic N) is 3. The lowest BCUT2D eigenvalue weighted by molar-refractivity contribution is 0.556. The number of hydrogen-bond donors (Lipinski definition) is 1. The third-order valence-electron chi connectivity index (χ3n) is 3.19. The monoisotopic (exact) mass is 258 g/mol. The molecular weight excluding hydrogens is 236 g/mol. The number of imidazole rings is 1. The third kappa shape index (κ3) is 2.48. The minimum Gasteiger partial charge on any atom is -0.383 e. The molecule has 0 aromatic carbocycles. The normalized spacial score (nSPS) is 11.5. The van der Waals surface area contributed by atoms with E-state index in [1.54, 1.807) is 0 Å². The van der Waals surface area contributed by atoms with Crippen molar-refractivity contribution in [2.45, 2.75) is 46.6 Å². The summed E-state index contributed by atoms with van der Waals surface area (Å²) in [5.74, 6) is 2.10. The molecule has 2 heterocycles. The molecular formula is C15H22N4. The van der Waals surface area contributed by atoms with E-state index in [0.29, 0.717) is 12.0 Å². The molecule has 0 spiro atoms. The van der Waals surface area contributed by atoms with Crippen molar-refractivity contribution in [1.82, 2.24) is 14.5 Å². The molecule has 0 bridgehead atoms. The molecule has 0 radical (unpaired) electrons. The summed E-state index contributed by atoms with van der Waals surface area (Å²) in [4.78, 5) is 9.05. The molecule has 2 rings (SSSR count). The second-order valence-corrected chi connectivity index (χ2v) is 5.51. The molecule has 4 heteroatoms. The smallest absolute Gasteiger partial charge is 0.132 e. The molecule has 2 aromatic rings. The SMILES string of the molecule is Cc1ccc(-c2nc(C(C)C)n(C(C)C)c2N)cn1. The topological polar surface area (TPSA) is 56.7 Å². The van der Waals surface area contributed by atoms with Crippen LogP contribution in [0.5, 0.6) is 0 Å². The van der Waals surface area contributed by atoms with Crippen molar-refractivity contribution < 1.29 is 0 Å². The van der Waals surface area contributed by atoms with E-state index >= 15 is 0 Å². The highest BCUT2D eigenvalue weighted by molar-refractivity contribution is 5.70. The van der Waals surface area contributed by atoms with Gasteiger partial charge < -0.3 is 10.3 Å². The molecule has 102 valence electrons. The van der Waals surface area contributed by atoms with E-state index in [1.807, 2.05) is 25.3 Å². The van der Waals surface area contributed by atoms with Gasteiger partial charge in [-0.25, -0.2) is 4.98 Å². The van der Waals surface area contributed by atoms with Gasteiger partial charge in [-0.15, -0.1) is 0 Å². The average Bonchev–Trinajstić information content (AvgIpc) is 2.68. The van der Waals surface area contributed by atoms with Gasteiger partial charge in [0.15, 0.2) is 0 Å². The van der Waals surface area contributed by atoms with Gasteiger partial charge in [-0.3, -0.25) is 4.98 Å². The molecule has 0 unspecified atom stereocenters. The van der Waals surface area contributed by atoms with Crippen molar-refractivity contribution in [2.75, 3.05) is 5.73 Å². The molecule has 2 N–H and O–H groups in total. The maximum atomic E-state index is 6.29. The van der Waals surface area contributed by atoms with Crippen molar-refractivity contribution in [3.05, 3.63) is 29.8 Å². The van der Waals surface area contributed by atoms with Crippen LogP contribution in [0.4, 0.5) is 5.82 Å². The number of nitrogen functional groups attached to an aromatic ring is 1. The lowest BCUT2D eigenvalue weighted by Crippen LogP contribution is -2.10. The Morgan fingerprint density at radius 2 is 1.84 bits per heavy atom. The fourth-order valence-corrected chi connectivity index (χ4v) is 2.23. The predicted octanol–water partition coefficient (Wildman–Crippen LogP) is 3.54. The van der Waals surface area contributed by atoms with Crippen LogP contribution in [0.2, 0.25) is 0 Å². The van der Waals surface area contributed by atoms with E-state index in [2.05, 4.69) is 37.2 Å². The maximum Gasteiger partial charge on any atom is 0.132 e. The van der Waals surface area contributed by atoms with Gasteiger partial charge in [-0.05, 0) is 32.9 Å². The summed E-state index contributed by atoms with van der Waals surface area (Å²) in [6.45, 7) is 10.5. The van der Waals surface area contributed by atoms with Gasteiger partial charge in [0, 0.05) is 29.4 Å². The van der Waals surface area contributed by atoms with Crippen molar-refractivity contribution in [1.29, 1.82) is 0 Å². The number of aryl methyl sites for hydroxylation is 1. The highest BCUT2D eigenvalue weighted by Crippen LogP contribution is 2.31. The highest BCUT2D eigenvalue weighted by Gasteiger charge is 2.19. The summed E-state index contributed by atoms with van der Waals surface area (Å²) in [6.07, 6.45) is 1.84. The van der Waals surface area contributed by atoms with Crippen LogP contribution in [0.1, 0.15) is 51.2 Å². The average molecular weight is 258 g/mol. The zero-order chi connectivity index (χ0) is 14.2. The van der Waals surface area contributed by atoms with Crippen molar-refractivity contribution in [3.63, 3.8) is 0 Å². The van der Waals surface area contributed by atoms with Crippen LogP contribution in [0.25, 0.3) is 11.3 Å². The van der Waals surface area contributed by atoms with Crippen LogP contribution in [0.15, 0.2) is 18.3 Å². The van der Waals surface area contributed by atoms with Crippen LogP contribution in [0.3, 0.4) is 0 Å². The number of anilines is 1. The molecule has 4 nitrogen and oxygen atoms in total. The first-order chi connectivity index (χ1) is 8.91. The number of nitrogens with two attached hydrogens (primary N) is 1. The molecule has 0 atom stereocenters. The van der Waals surface area contributed by atoms with Gasteiger partial charge in [0.25, 0.3) is 0 Å². The first-order valence-electron chi connectivity index (χ1n) is 6.72. The standard InChI is InChI=1S/C15H22N4/c1-9(2)15-18-13(14(16)19(15)10(3)4)12-7-6-11(5)17-8-12/h6-10H,16H2,1-5H3. The van der Waals surface area contributed by atoms with Gasteiger partial charge in [0.2, 0.25) is 0 Å². The Balaban J connectivity index is 2.59. The van der Waals surface area contributed by atoms with Crippen LogP contribution < -0.4 is 5.73 Å². The minimum absolute atomic E-state index is 0.303. The van der Waals surface area contributed by atoms with Crippen LogP contribution in [0, 0.1) is 6.92 Å². The number of hydrogen-bond acceptors (Lipinski definition) is 3. The summed E-state index contributed by atoms with van der Waals surface area (Å²) in [5, 5.41) is 0. The van der Waals surface area contributed by atoms with Gasteiger partial charge >= 0.3 is 0 Å². The van der Waals surface area contributed by atoms with E-state index in [9.17, 15) is 0 Å². The van der Waals surface area contributed by atoms with Gasteiger partial charge in [-0.1, -0.05) is 13.8 Å². The summed E-state index contributed by atoms with van der Waals surface area (Å²) < 4.78 is 2.11. The molecule has 0 fully saturated rings. The summed E-state index contributed by atoms with van der Waals surface area (Å²) in [7, 11) is 0. The number of aromatic nitrogens is 3. The Labute approximate surface area is 114 Å². The van der Waals surface area contributed by atoms with E-state index in [0.717, 1.165) is 28.6 Å². The van der Waals surface area contributed by atoms with Gasteiger partial charge in [-0.2, -0.15) is 0 Å². The van der Waals surface area contributed by atoms with Crippen LogP contribution >= 0.6 is 0 Å².